The van der Waals surface area contributed by atoms with Crippen LogP contribution in [0, 0.1) is 5.92 Å². The highest BCUT2D eigenvalue weighted by Crippen LogP contribution is 2.40. The molecule has 0 bridgehead atoms. The molecule has 0 aromatic heterocycles. The Bertz CT molecular complexity index is 895. The van der Waals surface area contributed by atoms with Crippen molar-refractivity contribution in [1.29, 1.82) is 0 Å². The largest absolute Gasteiger partial charge is 0.506 e. The number of halogens is 3. The van der Waals surface area contributed by atoms with E-state index in [-0.39, 0.29) is 24.0 Å². The molecule has 0 radical (unpaired) electrons. The lowest BCUT2D eigenvalue weighted by molar-refractivity contribution is -0.141. The van der Waals surface area contributed by atoms with E-state index in [1.807, 2.05) is 6.92 Å². The molecule has 0 spiro atoms. The molecule has 2 rings (SSSR count). The molecule has 0 unspecified atom stereocenters. The summed E-state index contributed by atoms with van der Waals surface area (Å²) in [6, 6.07) is 10.4. The SMILES string of the molecule is C[C@H](CCOC(=O)CS)[C@H](OC(=O)Nc1ccc(Br)cc1)c1cc(Br)cc(Br)c1O. The number of phenols is 1. The zero-order valence-electron chi connectivity index (χ0n) is 15.9. The summed E-state index contributed by atoms with van der Waals surface area (Å²) < 4.78 is 12.8. The second kappa shape index (κ2) is 12.0. The monoisotopic (exact) mass is 623 g/mol. The molecular weight excluding hydrogens is 606 g/mol. The predicted octanol–water partition coefficient (Wildman–Crippen LogP) is 6.47. The Morgan fingerprint density at radius 2 is 1.80 bits per heavy atom. The molecule has 0 aliphatic rings. The van der Waals surface area contributed by atoms with Crippen molar-refractivity contribution in [3.05, 3.63) is 55.4 Å². The molecule has 30 heavy (non-hydrogen) atoms. The number of ether oxygens (including phenoxy) is 2. The van der Waals surface area contributed by atoms with Crippen LogP contribution in [0.4, 0.5) is 10.5 Å². The molecule has 2 atom stereocenters. The summed E-state index contributed by atoms with van der Waals surface area (Å²) in [5, 5.41) is 13.2. The number of carbonyl (C=O) groups excluding carboxylic acids is 2. The van der Waals surface area contributed by atoms with Gasteiger partial charge in [0.05, 0.1) is 16.8 Å². The first-order valence-corrected chi connectivity index (χ1v) is 11.9. The molecule has 2 aromatic rings. The van der Waals surface area contributed by atoms with Crippen molar-refractivity contribution in [3.63, 3.8) is 0 Å². The van der Waals surface area contributed by atoms with Gasteiger partial charge in [0.25, 0.3) is 0 Å². The van der Waals surface area contributed by atoms with Crippen molar-refractivity contribution in [2.75, 3.05) is 17.7 Å². The Balaban J connectivity index is 2.21. The summed E-state index contributed by atoms with van der Waals surface area (Å²) in [5.41, 5.74) is 0.993. The minimum Gasteiger partial charge on any atom is -0.506 e. The third-order valence-electron chi connectivity index (χ3n) is 4.17. The van der Waals surface area contributed by atoms with Crippen LogP contribution in [-0.4, -0.2) is 29.5 Å². The highest BCUT2D eigenvalue weighted by molar-refractivity contribution is 9.11. The van der Waals surface area contributed by atoms with Gasteiger partial charge in [-0.1, -0.05) is 38.8 Å². The molecule has 1 amide bonds. The number of aromatic hydroxyl groups is 1. The van der Waals surface area contributed by atoms with Gasteiger partial charge < -0.3 is 14.6 Å². The van der Waals surface area contributed by atoms with Crippen LogP contribution in [0.1, 0.15) is 25.0 Å². The zero-order chi connectivity index (χ0) is 22.3. The second-order valence-electron chi connectivity index (χ2n) is 6.43. The molecule has 162 valence electrons. The number of nitrogens with one attached hydrogen (secondary N) is 1. The molecule has 2 aromatic carbocycles. The highest BCUT2D eigenvalue weighted by atomic mass is 79.9. The van der Waals surface area contributed by atoms with Crippen LogP contribution in [0.5, 0.6) is 5.75 Å². The van der Waals surface area contributed by atoms with Crippen LogP contribution in [0.15, 0.2) is 49.8 Å². The van der Waals surface area contributed by atoms with Crippen molar-refractivity contribution < 1.29 is 24.2 Å². The van der Waals surface area contributed by atoms with Gasteiger partial charge >= 0.3 is 12.1 Å². The Hall–Kier alpha value is -1.23. The fraction of sp³-hybridized carbons (Fsp3) is 0.300. The predicted molar refractivity (Wildman–Crippen MR) is 129 cm³/mol. The zero-order valence-corrected chi connectivity index (χ0v) is 21.6. The standard InChI is InChI=1S/C20H20Br3NO5S/c1-11(6-7-28-17(25)10-30)19(15-8-13(22)9-16(23)18(15)26)29-20(27)24-14-4-2-12(21)3-5-14/h2-5,8-9,11,19,26,30H,6-7,10H2,1H3,(H,24,27)/t11-,19+/m1/s1. The van der Waals surface area contributed by atoms with Crippen molar-refractivity contribution >= 4 is 78.2 Å². The number of amides is 1. The number of hydrogen-bond acceptors (Lipinski definition) is 6. The van der Waals surface area contributed by atoms with Crippen molar-refractivity contribution in [3.8, 4) is 5.75 Å². The van der Waals surface area contributed by atoms with Crippen LogP contribution in [0.25, 0.3) is 0 Å². The first-order valence-electron chi connectivity index (χ1n) is 8.88. The number of phenolic OH excluding ortho intramolecular Hbond substituents is 1. The lowest BCUT2D eigenvalue weighted by atomic mass is 9.94. The van der Waals surface area contributed by atoms with E-state index in [9.17, 15) is 14.7 Å². The van der Waals surface area contributed by atoms with Crippen LogP contribution in [-0.2, 0) is 14.3 Å². The van der Waals surface area contributed by atoms with E-state index in [4.69, 9.17) is 9.47 Å². The maximum Gasteiger partial charge on any atom is 0.412 e. The summed E-state index contributed by atoms with van der Waals surface area (Å²) in [7, 11) is 0. The lowest BCUT2D eigenvalue weighted by Gasteiger charge is -2.26. The normalized spacial score (nSPS) is 12.7. The maximum absolute atomic E-state index is 12.5. The number of rotatable bonds is 8. The summed E-state index contributed by atoms with van der Waals surface area (Å²) >= 11 is 13.9. The number of esters is 1. The quantitative estimate of drug-likeness (QED) is 0.231. The van der Waals surface area contributed by atoms with E-state index in [0.29, 0.717) is 26.6 Å². The summed E-state index contributed by atoms with van der Waals surface area (Å²) in [6.45, 7) is 1.99. The average Bonchev–Trinajstić information content (AvgIpc) is 2.70. The number of anilines is 1. The molecule has 6 nitrogen and oxygen atoms in total. The smallest absolute Gasteiger partial charge is 0.412 e. The first-order chi connectivity index (χ1) is 14.2. The minimum atomic E-state index is -0.788. The van der Waals surface area contributed by atoms with E-state index >= 15 is 0 Å². The topological polar surface area (TPSA) is 84.9 Å². The lowest BCUT2D eigenvalue weighted by Crippen LogP contribution is -2.23. The Kier molecular flexibility index (Phi) is 9.99. The third kappa shape index (κ3) is 7.47. The van der Waals surface area contributed by atoms with Crippen LogP contribution in [0.3, 0.4) is 0 Å². The molecule has 10 heteroatoms. The van der Waals surface area contributed by atoms with Gasteiger partial charge in [0.1, 0.15) is 11.9 Å². The molecule has 0 heterocycles. The van der Waals surface area contributed by atoms with Gasteiger partial charge in [0, 0.05) is 26.1 Å². The van der Waals surface area contributed by atoms with Gasteiger partial charge in [-0.2, -0.15) is 12.6 Å². The fourth-order valence-corrected chi connectivity index (χ4v) is 4.25. The highest BCUT2D eigenvalue weighted by Gasteiger charge is 2.28. The van der Waals surface area contributed by atoms with Crippen LogP contribution < -0.4 is 5.32 Å². The second-order valence-corrected chi connectivity index (χ2v) is 9.43. The minimum absolute atomic E-state index is 0.0106. The van der Waals surface area contributed by atoms with Gasteiger partial charge in [0.15, 0.2) is 0 Å². The van der Waals surface area contributed by atoms with Gasteiger partial charge in [-0.05, 0) is 58.7 Å². The van der Waals surface area contributed by atoms with E-state index in [2.05, 4.69) is 65.7 Å². The summed E-state index contributed by atoms with van der Waals surface area (Å²) in [6.07, 6.45) is -1.04. The van der Waals surface area contributed by atoms with E-state index < -0.39 is 18.2 Å². The number of benzene rings is 2. The Morgan fingerprint density at radius 3 is 2.43 bits per heavy atom. The molecule has 0 aliphatic carbocycles. The number of hydrogen-bond donors (Lipinski definition) is 3. The molecule has 0 fully saturated rings. The third-order valence-corrected chi connectivity index (χ3v) is 6.02. The Morgan fingerprint density at radius 1 is 1.13 bits per heavy atom. The number of carbonyl (C=O) groups is 2. The Labute approximate surface area is 205 Å². The van der Waals surface area contributed by atoms with Crippen molar-refractivity contribution in [2.24, 2.45) is 5.92 Å². The summed E-state index contributed by atoms with van der Waals surface area (Å²) in [5.74, 6) is -0.730. The molecule has 0 aliphatic heterocycles. The average molecular weight is 626 g/mol. The van der Waals surface area contributed by atoms with E-state index in [1.54, 1.807) is 36.4 Å². The van der Waals surface area contributed by atoms with Crippen molar-refractivity contribution in [1.82, 2.24) is 0 Å². The molecule has 0 saturated carbocycles. The van der Waals surface area contributed by atoms with E-state index in [1.165, 1.54) is 0 Å². The first kappa shape index (κ1) is 25.0. The van der Waals surface area contributed by atoms with Gasteiger partial charge in [-0.3, -0.25) is 10.1 Å². The fourth-order valence-electron chi connectivity index (χ4n) is 2.64. The number of thiol groups is 1. The molecule has 0 saturated heterocycles. The maximum atomic E-state index is 12.5. The van der Waals surface area contributed by atoms with E-state index in [0.717, 1.165) is 4.47 Å². The van der Waals surface area contributed by atoms with Gasteiger partial charge in [0.2, 0.25) is 0 Å². The van der Waals surface area contributed by atoms with Gasteiger partial charge in [-0.25, -0.2) is 4.79 Å². The van der Waals surface area contributed by atoms with Gasteiger partial charge in [-0.15, -0.1) is 0 Å². The molecule has 2 N–H and O–H groups in total. The van der Waals surface area contributed by atoms with Crippen molar-refractivity contribution in [2.45, 2.75) is 19.4 Å². The van der Waals surface area contributed by atoms with Crippen LogP contribution >= 0.6 is 60.4 Å². The molecular formula is C20H20Br3NO5S. The van der Waals surface area contributed by atoms with Crippen LogP contribution in [0.2, 0.25) is 0 Å². The summed E-state index contributed by atoms with van der Waals surface area (Å²) in [4.78, 5) is 23.9.